The highest BCUT2D eigenvalue weighted by atomic mass is 32.2. The zero-order valence-corrected chi connectivity index (χ0v) is 10.6. The van der Waals surface area contributed by atoms with Gasteiger partial charge in [-0.1, -0.05) is 6.92 Å². The van der Waals surface area contributed by atoms with E-state index in [-0.39, 0.29) is 19.4 Å². The van der Waals surface area contributed by atoms with Crippen molar-refractivity contribution in [2.24, 2.45) is 0 Å². The number of rotatable bonds is 6. The summed E-state index contributed by atoms with van der Waals surface area (Å²) >= 11 is 0. The lowest BCUT2D eigenvalue weighted by Gasteiger charge is -2.23. The molecule has 1 unspecified atom stereocenters. The summed E-state index contributed by atoms with van der Waals surface area (Å²) < 4.78 is 63.0. The van der Waals surface area contributed by atoms with Gasteiger partial charge in [0.2, 0.25) is 10.0 Å². The van der Waals surface area contributed by atoms with E-state index in [0.717, 1.165) is 0 Å². The maximum Gasteiger partial charge on any atom is 0.407 e. The quantitative estimate of drug-likeness (QED) is 0.759. The van der Waals surface area contributed by atoms with Crippen LogP contribution in [0, 0.1) is 0 Å². The lowest BCUT2D eigenvalue weighted by molar-refractivity contribution is -0.160. The average molecular weight is 274 g/mol. The number of hydrogen-bond acceptors (Lipinski definition) is 3. The molecular weight excluding hydrogens is 257 g/mol. The van der Waals surface area contributed by atoms with Gasteiger partial charge >= 0.3 is 6.18 Å². The Balaban J connectivity index is 2.68. The second-order valence-corrected chi connectivity index (χ2v) is 6.44. The Bertz CT molecular complexity index is 363. The largest absolute Gasteiger partial charge is 0.407 e. The molecule has 4 nitrogen and oxygen atoms in total. The molecule has 0 aromatic carbocycles. The van der Waals surface area contributed by atoms with Gasteiger partial charge < -0.3 is 5.32 Å². The molecule has 0 heterocycles. The van der Waals surface area contributed by atoms with Crippen LogP contribution in [-0.2, 0) is 10.0 Å². The standard InChI is InChI=1S/C9H17F3N2O2S/c1-3-13-6-7(2)17(15,16)14-8(4-5-8)9(10,11)12/h7,13-14H,3-6H2,1-2H3. The van der Waals surface area contributed by atoms with Crippen molar-refractivity contribution in [2.45, 2.75) is 43.7 Å². The fraction of sp³-hybridized carbons (Fsp3) is 1.00. The normalized spacial score (nSPS) is 21.2. The number of sulfonamides is 1. The molecule has 1 rings (SSSR count). The van der Waals surface area contributed by atoms with Crippen LogP contribution in [0.4, 0.5) is 13.2 Å². The van der Waals surface area contributed by atoms with Crippen LogP contribution in [-0.4, -0.2) is 38.5 Å². The van der Waals surface area contributed by atoms with Gasteiger partial charge in [-0.15, -0.1) is 0 Å². The van der Waals surface area contributed by atoms with Crippen molar-refractivity contribution in [1.82, 2.24) is 10.0 Å². The lowest BCUT2D eigenvalue weighted by atomic mass is 10.3. The van der Waals surface area contributed by atoms with Crippen molar-refractivity contribution in [3.8, 4) is 0 Å². The summed E-state index contributed by atoms with van der Waals surface area (Å²) in [5.41, 5.74) is -2.22. The van der Waals surface area contributed by atoms with Gasteiger partial charge in [0.05, 0.1) is 5.25 Å². The first-order chi connectivity index (χ1) is 7.65. The van der Waals surface area contributed by atoms with Crippen LogP contribution in [0.25, 0.3) is 0 Å². The molecule has 1 aliphatic rings. The maximum atomic E-state index is 12.6. The Labute approximate surface area is 99.0 Å². The smallest absolute Gasteiger partial charge is 0.316 e. The minimum absolute atomic E-state index is 0.139. The molecule has 0 spiro atoms. The molecule has 0 amide bonds. The van der Waals surface area contributed by atoms with E-state index in [4.69, 9.17) is 0 Å². The number of nitrogens with one attached hydrogen (secondary N) is 2. The Morgan fingerprint density at radius 1 is 1.35 bits per heavy atom. The topological polar surface area (TPSA) is 58.2 Å². The third-order valence-electron chi connectivity index (χ3n) is 2.84. The monoisotopic (exact) mass is 274 g/mol. The predicted octanol–water partition coefficient (Wildman–Crippen LogP) is 0.999. The molecule has 0 aromatic heterocycles. The first kappa shape index (κ1) is 14.7. The molecular formula is C9H17F3N2O2S. The van der Waals surface area contributed by atoms with E-state index < -0.39 is 27.0 Å². The third-order valence-corrected chi connectivity index (χ3v) is 4.74. The molecule has 0 bridgehead atoms. The van der Waals surface area contributed by atoms with Crippen molar-refractivity contribution in [1.29, 1.82) is 0 Å². The summed E-state index contributed by atoms with van der Waals surface area (Å²) in [7, 11) is -3.94. The van der Waals surface area contributed by atoms with E-state index in [1.54, 1.807) is 11.6 Å². The molecule has 1 aliphatic carbocycles. The van der Waals surface area contributed by atoms with Gasteiger partial charge in [0, 0.05) is 6.54 Å². The van der Waals surface area contributed by atoms with Crippen molar-refractivity contribution < 1.29 is 21.6 Å². The molecule has 8 heteroatoms. The highest BCUT2D eigenvalue weighted by Gasteiger charge is 2.65. The zero-order chi connectivity index (χ0) is 13.3. The minimum Gasteiger partial charge on any atom is -0.316 e. The van der Waals surface area contributed by atoms with Crippen LogP contribution < -0.4 is 10.0 Å². The molecule has 102 valence electrons. The van der Waals surface area contributed by atoms with Gasteiger partial charge in [-0.3, -0.25) is 0 Å². The van der Waals surface area contributed by atoms with Gasteiger partial charge in [0.25, 0.3) is 0 Å². The maximum absolute atomic E-state index is 12.6. The van der Waals surface area contributed by atoms with Crippen molar-refractivity contribution in [3.63, 3.8) is 0 Å². The van der Waals surface area contributed by atoms with E-state index in [2.05, 4.69) is 5.32 Å². The summed E-state index contributed by atoms with van der Waals surface area (Å²) in [5, 5.41) is 1.91. The fourth-order valence-corrected chi connectivity index (χ4v) is 2.80. The third kappa shape index (κ3) is 3.32. The molecule has 1 atom stereocenters. The van der Waals surface area contributed by atoms with Gasteiger partial charge in [-0.2, -0.15) is 17.9 Å². The number of hydrogen-bond donors (Lipinski definition) is 2. The van der Waals surface area contributed by atoms with Crippen LogP contribution in [0.3, 0.4) is 0 Å². The van der Waals surface area contributed by atoms with E-state index >= 15 is 0 Å². The number of alkyl halides is 3. The Morgan fingerprint density at radius 3 is 2.24 bits per heavy atom. The molecule has 0 aliphatic heterocycles. The van der Waals surface area contributed by atoms with Gasteiger partial charge in [0.15, 0.2) is 0 Å². The molecule has 2 N–H and O–H groups in total. The summed E-state index contributed by atoms with van der Waals surface area (Å²) in [4.78, 5) is 0. The Kier molecular flexibility index (Phi) is 4.10. The average Bonchev–Trinajstić information content (AvgIpc) is 2.93. The molecule has 1 fully saturated rings. The Morgan fingerprint density at radius 2 is 1.88 bits per heavy atom. The van der Waals surface area contributed by atoms with Crippen molar-refractivity contribution >= 4 is 10.0 Å². The molecule has 1 saturated carbocycles. The molecule has 0 aromatic rings. The first-order valence-corrected chi connectivity index (χ1v) is 6.99. The molecule has 0 saturated heterocycles. The van der Waals surface area contributed by atoms with Crippen molar-refractivity contribution in [2.75, 3.05) is 13.1 Å². The fourth-order valence-electron chi connectivity index (χ4n) is 1.40. The summed E-state index contributed by atoms with van der Waals surface area (Å²) in [6.45, 7) is 3.90. The Hall–Kier alpha value is -0.340. The van der Waals surface area contributed by atoms with E-state index in [9.17, 15) is 21.6 Å². The first-order valence-electron chi connectivity index (χ1n) is 5.45. The number of halogens is 3. The van der Waals surface area contributed by atoms with Crippen LogP contribution in [0.1, 0.15) is 26.7 Å². The second kappa shape index (κ2) is 4.74. The van der Waals surface area contributed by atoms with Crippen LogP contribution in [0.5, 0.6) is 0 Å². The highest BCUT2D eigenvalue weighted by molar-refractivity contribution is 7.90. The van der Waals surface area contributed by atoms with Crippen LogP contribution in [0.2, 0.25) is 0 Å². The van der Waals surface area contributed by atoms with Gasteiger partial charge in [0.1, 0.15) is 5.54 Å². The van der Waals surface area contributed by atoms with E-state index in [0.29, 0.717) is 6.54 Å². The van der Waals surface area contributed by atoms with Crippen LogP contribution in [0.15, 0.2) is 0 Å². The highest BCUT2D eigenvalue weighted by Crippen LogP contribution is 2.49. The second-order valence-electron chi connectivity index (χ2n) is 4.35. The zero-order valence-electron chi connectivity index (χ0n) is 9.76. The van der Waals surface area contributed by atoms with E-state index in [1.165, 1.54) is 6.92 Å². The van der Waals surface area contributed by atoms with Gasteiger partial charge in [-0.05, 0) is 26.3 Å². The SMILES string of the molecule is CCNCC(C)S(=O)(=O)NC1(C(F)(F)F)CC1. The van der Waals surface area contributed by atoms with Crippen LogP contribution >= 0.6 is 0 Å². The summed E-state index contributed by atoms with van der Waals surface area (Å²) in [6.07, 6.45) is -4.87. The van der Waals surface area contributed by atoms with Gasteiger partial charge in [-0.25, -0.2) is 8.42 Å². The van der Waals surface area contributed by atoms with E-state index in [1.807, 2.05) is 0 Å². The predicted molar refractivity (Wildman–Crippen MR) is 58.1 cm³/mol. The summed E-state index contributed by atoms with van der Waals surface area (Å²) in [5.74, 6) is 0. The lowest BCUT2D eigenvalue weighted by Crippen LogP contribution is -2.51. The van der Waals surface area contributed by atoms with Crippen molar-refractivity contribution in [3.05, 3.63) is 0 Å². The minimum atomic E-state index is -4.52. The summed E-state index contributed by atoms with van der Waals surface area (Å²) in [6, 6.07) is 0. The molecule has 17 heavy (non-hydrogen) atoms. The molecule has 0 radical (unpaired) electrons.